The average molecular weight is 285 g/mol. The molecule has 2 rings (SSSR count). The Hall–Kier alpha value is -1.11. The molecule has 1 aromatic carbocycles. The summed E-state index contributed by atoms with van der Waals surface area (Å²) in [6.45, 7) is 0.305. The van der Waals surface area contributed by atoms with E-state index in [1.807, 2.05) is 0 Å². The second-order valence-corrected chi connectivity index (χ2v) is 6.77. The maximum absolute atomic E-state index is 12.2. The number of benzene rings is 1. The Morgan fingerprint density at radius 1 is 1.42 bits per heavy atom. The number of aliphatic hydroxyl groups excluding tert-OH is 1. The summed E-state index contributed by atoms with van der Waals surface area (Å²) >= 11 is 0. The molecule has 0 aromatic heterocycles. The standard InChI is InChI=1S/C13H19NO4S/c1-18-12-4-2-3-5-13(12)19(16,17)9-11(15)8-14-10-6-7-10/h2-5,10-11,14-15H,6-9H2,1H3. The SMILES string of the molecule is COc1ccccc1S(=O)(=O)CC(O)CNC1CC1. The smallest absolute Gasteiger partial charge is 0.184 e. The molecule has 0 bridgehead atoms. The Balaban J connectivity index is 2.03. The first-order valence-corrected chi connectivity index (χ1v) is 7.95. The summed E-state index contributed by atoms with van der Waals surface area (Å²) in [6.07, 6.45) is 1.30. The molecule has 2 N–H and O–H groups in total. The molecule has 1 aromatic rings. The average Bonchev–Trinajstić information content (AvgIpc) is 3.20. The van der Waals surface area contributed by atoms with E-state index in [1.54, 1.807) is 18.2 Å². The molecule has 6 heteroatoms. The number of nitrogens with one attached hydrogen (secondary N) is 1. The number of aliphatic hydroxyl groups is 1. The van der Waals surface area contributed by atoms with E-state index in [0.29, 0.717) is 18.3 Å². The van der Waals surface area contributed by atoms with Gasteiger partial charge in [-0.2, -0.15) is 0 Å². The summed E-state index contributed by atoms with van der Waals surface area (Å²) < 4.78 is 29.5. The Bertz CT molecular complexity index is 525. The van der Waals surface area contributed by atoms with Gasteiger partial charge in [0, 0.05) is 12.6 Å². The zero-order valence-corrected chi connectivity index (χ0v) is 11.7. The van der Waals surface area contributed by atoms with Crippen LogP contribution >= 0.6 is 0 Å². The van der Waals surface area contributed by atoms with Gasteiger partial charge in [-0.25, -0.2) is 8.42 Å². The van der Waals surface area contributed by atoms with Gasteiger partial charge in [0.15, 0.2) is 9.84 Å². The zero-order chi connectivity index (χ0) is 13.9. The number of para-hydroxylation sites is 1. The third-order valence-corrected chi connectivity index (χ3v) is 4.87. The number of ether oxygens (including phenoxy) is 1. The zero-order valence-electron chi connectivity index (χ0n) is 10.9. The number of rotatable bonds is 7. The molecule has 0 amide bonds. The third-order valence-electron chi connectivity index (χ3n) is 3.04. The normalized spacial score (nSPS) is 17.2. The monoisotopic (exact) mass is 285 g/mol. The van der Waals surface area contributed by atoms with Crippen LogP contribution in [0.4, 0.5) is 0 Å². The molecule has 0 saturated heterocycles. The molecular formula is C13H19NO4S. The Labute approximate surface area is 113 Å². The van der Waals surface area contributed by atoms with Crippen molar-refractivity contribution >= 4 is 9.84 Å². The van der Waals surface area contributed by atoms with Crippen LogP contribution in [0.5, 0.6) is 5.75 Å². The van der Waals surface area contributed by atoms with E-state index in [0.717, 1.165) is 12.8 Å². The van der Waals surface area contributed by atoms with E-state index < -0.39 is 15.9 Å². The van der Waals surface area contributed by atoms with Crippen LogP contribution < -0.4 is 10.1 Å². The first kappa shape index (κ1) is 14.3. The molecular weight excluding hydrogens is 266 g/mol. The van der Waals surface area contributed by atoms with Gasteiger partial charge in [0.05, 0.1) is 19.0 Å². The molecule has 1 fully saturated rings. The van der Waals surface area contributed by atoms with E-state index in [2.05, 4.69) is 5.32 Å². The highest BCUT2D eigenvalue weighted by atomic mass is 32.2. The van der Waals surface area contributed by atoms with Crippen molar-refractivity contribution in [3.63, 3.8) is 0 Å². The summed E-state index contributed by atoms with van der Waals surface area (Å²) in [5, 5.41) is 12.9. The van der Waals surface area contributed by atoms with Crippen molar-refractivity contribution in [2.45, 2.75) is 29.9 Å². The molecule has 1 unspecified atom stereocenters. The van der Waals surface area contributed by atoms with Crippen molar-refractivity contribution in [1.82, 2.24) is 5.32 Å². The summed E-state index contributed by atoms with van der Waals surface area (Å²) in [5.41, 5.74) is 0. The third kappa shape index (κ3) is 3.92. The van der Waals surface area contributed by atoms with Crippen LogP contribution in [-0.2, 0) is 9.84 Å². The lowest BCUT2D eigenvalue weighted by atomic mass is 10.3. The fourth-order valence-electron chi connectivity index (χ4n) is 1.87. The summed E-state index contributed by atoms with van der Waals surface area (Å²) in [5.74, 6) is 0.0115. The number of hydrogen-bond acceptors (Lipinski definition) is 5. The molecule has 1 aliphatic rings. The van der Waals surface area contributed by atoms with Gasteiger partial charge in [0.1, 0.15) is 10.6 Å². The first-order chi connectivity index (χ1) is 9.03. The van der Waals surface area contributed by atoms with Crippen LogP contribution in [0.3, 0.4) is 0 Å². The van der Waals surface area contributed by atoms with Crippen molar-refractivity contribution in [3.8, 4) is 5.75 Å². The number of sulfone groups is 1. The molecule has 5 nitrogen and oxygen atoms in total. The van der Waals surface area contributed by atoms with Crippen molar-refractivity contribution < 1.29 is 18.3 Å². The van der Waals surface area contributed by atoms with Crippen LogP contribution in [-0.4, -0.2) is 45.1 Å². The fourth-order valence-corrected chi connectivity index (χ4v) is 3.42. The summed E-state index contributed by atoms with van der Waals surface area (Å²) in [6, 6.07) is 6.90. The molecule has 1 saturated carbocycles. The van der Waals surface area contributed by atoms with Crippen LogP contribution in [0, 0.1) is 0 Å². The van der Waals surface area contributed by atoms with Gasteiger partial charge in [-0.15, -0.1) is 0 Å². The van der Waals surface area contributed by atoms with Gasteiger partial charge in [-0.1, -0.05) is 12.1 Å². The van der Waals surface area contributed by atoms with Gasteiger partial charge >= 0.3 is 0 Å². The minimum absolute atomic E-state index is 0.128. The Morgan fingerprint density at radius 2 is 2.11 bits per heavy atom. The van der Waals surface area contributed by atoms with Gasteiger partial charge in [0.25, 0.3) is 0 Å². The molecule has 0 spiro atoms. The summed E-state index contributed by atoms with van der Waals surface area (Å²) in [4.78, 5) is 0.128. The molecule has 1 aliphatic carbocycles. The van der Waals surface area contributed by atoms with E-state index >= 15 is 0 Å². The van der Waals surface area contributed by atoms with Crippen LogP contribution in [0.25, 0.3) is 0 Å². The van der Waals surface area contributed by atoms with Crippen LogP contribution in [0.1, 0.15) is 12.8 Å². The minimum Gasteiger partial charge on any atom is -0.495 e. The number of hydrogen-bond donors (Lipinski definition) is 2. The van der Waals surface area contributed by atoms with Gasteiger partial charge in [0.2, 0.25) is 0 Å². The molecule has 1 atom stereocenters. The highest BCUT2D eigenvalue weighted by Gasteiger charge is 2.25. The lowest BCUT2D eigenvalue weighted by molar-refractivity contribution is 0.193. The highest BCUT2D eigenvalue weighted by molar-refractivity contribution is 7.91. The van der Waals surface area contributed by atoms with Gasteiger partial charge in [-0.05, 0) is 25.0 Å². The highest BCUT2D eigenvalue weighted by Crippen LogP contribution is 2.24. The summed E-state index contributed by atoms with van der Waals surface area (Å²) in [7, 11) is -2.11. The largest absolute Gasteiger partial charge is 0.495 e. The van der Waals surface area contributed by atoms with Gasteiger partial charge < -0.3 is 15.2 Å². The maximum Gasteiger partial charge on any atom is 0.184 e. The van der Waals surface area contributed by atoms with E-state index in [-0.39, 0.29) is 10.6 Å². The number of methoxy groups -OCH3 is 1. The fraction of sp³-hybridized carbons (Fsp3) is 0.538. The van der Waals surface area contributed by atoms with Crippen molar-refractivity contribution in [1.29, 1.82) is 0 Å². The lowest BCUT2D eigenvalue weighted by Gasteiger charge is -2.13. The minimum atomic E-state index is -3.54. The van der Waals surface area contributed by atoms with Gasteiger partial charge in [-0.3, -0.25) is 0 Å². The predicted octanol–water partition coefficient (Wildman–Crippen LogP) is 0.582. The molecule has 0 radical (unpaired) electrons. The maximum atomic E-state index is 12.2. The quantitative estimate of drug-likeness (QED) is 0.766. The first-order valence-electron chi connectivity index (χ1n) is 6.30. The second-order valence-electron chi connectivity index (χ2n) is 4.77. The van der Waals surface area contributed by atoms with E-state index in [1.165, 1.54) is 13.2 Å². The molecule has 0 aliphatic heterocycles. The van der Waals surface area contributed by atoms with Crippen LogP contribution in [0.15, 0.2) is 29.2 Å². The van der Waals surface area contributed by atoms with Crippen molar-refractivity contribution in [2.24, 2.45) is 0 Å². The lowest BCUT2D eigenvalue weighted by Crippen LogP contribution is -2.33. The Morgan fingerprint density at radius 3 is 2.74 bits per heavy atom. The van der Waals surface area contributed by atoms with Crippen molar-refractivity contribution in [3.05, 3.63) is 24.3 Å². The molecule has 19 heavy (non-hydrogen) atoms. The second kappa shape index (κ2) is 5.90. The van der Waals surface area contributed by atoms with Crippen LogP contribution in [0.2, 0.25) is 0 Å². The van der Waals surface area contributed by atoms with Crippen molar-refractivity contribution in [2.75, 3.05) is 19.4 Å². The Kier molecular flexibility index (Phi) is 4.44. The predicted molar refractivity (Wildman–Crippen MR) is 72.1 cm³/mol. The molecule has 0 heterocycles. The van der Waals surface area contributed by atoms with E-state index in [4.69, 9.17) is 4.74 Å². The topological polar surface area (TPSA) is 75.6 Å². The molecule has 106 valence electrons. The van der Waals surface area contributed by atoms with E-state index in [9.17, 15) is 13.5 Å².